The Bertz CT molecular complexity index is 403. The molecule has 1 amide bonds. The Labute approximate surface area is 108 Å². The Morgan fingerprint density at radius 2 is 2.33 bits per heavy atom. The summed E-state index contributed by atoms with van der Waals surface area (Å²) >= 11 is 0. The molecule has 1 heterocycles. The second-order valence-electron chi connectivity index (χ2n) is 4.68. The molecule has 0 atom stereocenters. The standard InChI is InChI=1S/C14H20N2O2/c1-18-13-4-2-3-11(7-13)5-6-16-14(17)8-12-9-15-10-12/h2-4,7,12,15H,5-6,8-10H2,1H3,(H,16,17). The molecule has 2 N–H and O–H groups in total. The smallest absolute Gasteiger partial charge is 0.220 e. The highest BCUT2D eigenvalue weighted by atomic mass is 16.5. The predicted octanol–water partition coefficient (Wildman–Crippen LogP) is 0.963. The number of carbonyl (C=O) groups excluding carboxylic acids is 1. The van der Waals surface area contributed by atoms with Crippen LogP contribution in [0.15, 0.2) is 24.3 Å². The maximum atomic E-state index is 11.6. The number of carbonyl (C=O) groups is 1. The van der Waals surface area contributed by atoms with Gasteiger partial charge < -0.3 is 15.4 Å². The summed E-state index contributed by atoms with van der Waals surface area (Å²) in [5.74, 6) is 1.55. The number of rotatable bonds is 6. The van der Waals surface area contributed by atoms with Gasteiger partial charge in [-0.2, -0.15) is 0 Å². The fourth-order valence-electron chi connectivity index (χ4n) is 2.00. The van der Waals surface area contributed by atoms with Crippen LogP contribution in [0.4, 0.5) is 0 Å². The lowest BCUT2D eigenvalue weighted by Gasteiger charge is -2.26. The molecule has 98 valence electrons. The van der Waals surface area contributed by atoms with Crippen LogP contribution >= 0.6 is 0 Å². The van der Waals surface area contributed by atoms with Crippen LogP contribution in [0.1, 0.15) is 12.0 Å². The van der Waals surface area contributed by atoms with Gasteiger partial charge in [-0.05, 0) is 43.1 Å². The molecule has 1 aliphatic rings. The fourth-order valence-corrected chi connectivity index (χ4v) is 2.00. The van der Waals surface area contributed by atoms with E-state index in [1.165, 1.54) is 5.56 Å². The van der Waals surface area contributed by atoms with E-state index in [0.717, 1.165) is 25.3 Å². The molecule has 4 heteroatoms. The zero-order chi connectivity index (χ0) is 12.8. The van der Waals surface area contributed by atoms with Crippen LogP contribution in [-0.2, 0) is 11.2 Å². The Hall–Kier alpha value is -1.55. The second kappa shape index (κ2) is 6.40. The Balaban J connectivity index is 1.68. The number of nitrogens with one attached hydrogen (secondary N) is 2. The number of hydrogen-bond donors (Lipinski definition) is 2. The summed E-state index contributed by atoms with van der Waals surface area (Å²) in [6.07, 6.45) is 1.48. The predicted molar refractivity (Wildman–Crippen MR) is 70.7 cm³/mol. The van der Waals surface area contributed by atoms with Crippen molar-refractivity contribution in [1.82, 2.24) is 10.6 Å². The first-order valence-electron chi connectivity index (χ1n) is 6.38. The maximum absolute atomic E-state index is 11.6. The lowest BCUT2D eigenvalue weighted by Crippen LogP contribution is -2.44. The number of methoxy groups -OCH3 is 1. The molecule has 1 aliphatic heterocycles. The quantitative estimate of drug-likeness (QED) is 0.788. The number of benzene rings is 1. The van der Waals surface area contributed by atoms with Crippen LogP contribution in [0.5, 0.6) is 5.75 Å². The third-order valence-corrected chi connectivity index (χ3v) is 3.21. The summed E-state index contributed by atoms with van der Waals surface area (Å²) in [5.41, 5.74) is 1.18. The molecule has 0 bridgehead atoms. The average Bonchev–Trinajstić information content (AvgIpc) is 2.34. The van der Waals surface area contributed by atoms with E-state index < -0.39 is 0 Å². The largest absolute Gasteiger partial charge is 0.497 e. The van der Waals surface area contributed by atoms with E-state index >= 15 is 0 Å². The molecule has 18 heavy (non-hydrogen) atoms. The molecule has 1 fully saturated rings. The van der Waals surface area contributed by atoms with Gasteiger partial charge in [-0.3, -0.25) is 4.79 Å². The molecule has 0 spiro atoms. The molecular weight excluding hydrogens is 228 g/mol. The fraction of sp³-hybridized carbons (Fsp3) is 0.500. The van der Waals surface area contributed by atoms with Crippen molar-refractivity contribution in [3.05, 3.63) is 29.8 Å². The van der Waals surface area contributed by atoms with Crippen molar-refractivity contribution in [3.8, 4) is 5.75 Å². The van der Waals surface area contributed by atoms with Gasteiger partial charge in [0.2, 0.25) is 5.91 Å². The van der Waals surface area contributed by atoms with E-state index in [9.17, 15) is 4.79 Å². The summed E-state index contributed by atoms with van der Waals surface area (Å²) < 4.78 is 5.16. The van der Waals surface area contributed by atoms with Crippen molar-refractivity contribution in [2.24, 2.45) is 5.92 Å². The summed E-state index contributed by atoms with van der Waals surface area (Å²) in [6.45, 7) is 2.64. The minimum Gasteiger partial charge on any atom is -0.497 e. The Morgan fingerprint density at radius 1 is 1.50 bits per heavy atom. The van der Waals surface area contributed by atoms with Crippen molar-refractivity contribution in [1.29, 1.82) is 0 Å². The third kappa shape index (κ3) is 3.74. The first-order valence-corrected chi connectivity index (χ1v) is 6.38. The van der Waals surface area contributed by atoms with E-state index in [4.69, 9.17) is 4.74 Å². The second-order valence-corrected chi connectivity index (χ2v) is 4.68. The Kier molecular flexibility index (Phi) is 4.59. The summed E-state index contributed by atoms with van der Waals surface area (Å²) in [4.78, 5) is 11.6. The van der Waals surface area contributed by atoms with E-state index in [1.54, 1.807) is 7.11 Å². The maximum Gasteiger partial charge on any atom is 0.220 e. The van der Waals surface area contributed by atoms with Crippen LogP contribution in [0, 0.1) is 5.92 Å². The Morgan fingerprint density at radius 3 is 3.00 bits per heavy atom. The van der Waals surface area contributed by atoms with Crippen molar-refractivity contribution in [2.45, 2.75) is 12.8 Å². The van der Waals surface area contributed by atoms with Crippen LogP contribution in [0.3, 0.4) is 0 Å². The monoisotopic (exact) mass is 248 g/mol. The first-order chi connectivity index (χ1) is 8.78. The number of ether oxygens (including phenoxy) is 1. The van der Waals surface area contributed by atoms with Gasteiger partial charge in [-0.15, -0.1) is 0 Å². The minimum atomic E-state index is 0.157. The highest BCUT2D eigenvalue weighted by Gasteiger charge is 2.19. The third-order valence-electron chi connectivity index (χ3n) is 3.21. The lowest BCUT2D eigenvalue weighted by molar-refractivity contribution is -0.122. The minimum absolute atomic E-state index is 0.157. The van der Waals surface area contributed by atoms with Crippen LogP contribution < -0.4 is 15.4 Å². The van der Waals surface area contributed by atoms with Gasteiger partial charge in [0.05, 0.1) is 7.11 Å². The van der Waals surface area contributed by atoms with Gasteiger partial charge in [0.15, 0.2) is 0 Å². The SMILES string of the molecule is COc1cccc(CCNC(=O)CC2CNC2)c1. The molecule has 1 aromatic carbocycles. The lowest BCUT2D eigenvalue weighted by atomic mass is 9.99. The molecular formula is C14H20N2O2. The molecule has 2 rings (SSSR count). The van der Waals surface area contributed by atoms with E-state index in [1.807, 2.05) is 24.3 Å². The molecule has 0 aromatic heterocycles. The van der Waals surface area contributed by atoms with Crippen molar-refractivity contribution in [3.63, 3.8) is 0 Å². The van der Waals surface area contributed by atoms with Gasteiger partial charge in [0.25, 0.3) is 0 Å². The molecule has 4 nitrogen and oxygen atoms in total. The number of hydrogen-bond acceptors (Lipinski definition) is 3. The number of amides is 1. The van der Waals surface area contributed by atoms with Gasteiger partial charge in [-0.25, -0.2) is 0 Å². The summed E-state index contributed by atoms with van der Waals surface area (Å²) in [6, 6.07) is 7.94. The molecule has 1 aromatic rings. The average molecular weight is 248 g/mol. The zero-order valence-electron chi connectivity index (χ0n) is 10.7. The van der Waals surface area contributed by atoms with Gasteiger partial charge in [0, 0.05) is 13.0 Å². The van der Waals surface area contributed by atoms with Crippen molar-refractivity contribution >= 4 is 5.91 Å². The molecule has 0 saturated carbocycles. The van der Waals surface area contributed by atoms with Crippen LogP contribution in [-0.4, -0.2) is 32.7 Å². The van der Waals surface area contributed by atoms with Gasteiger partial charge in [-0.1, -0.05) is 12.1 Å². The zero-order valence-corrected chi connectivity index (χ0v) is 10.7. The highest BCUT2D eigenvalue weighted by Crippen LogP contribution is 2.12. The van der Waals surface area contributed by atoms with E-state index in [-0.39, 0.29) is 5.91 Å². The molecule has 0 unspecified atom stereocenters. The van der Waals surface area contributed by atoms with Gasteiger partial charge in [0.1, 0.15) is 5.75 Å². The topological polar surface area (TPSA) is 50.4 Å². The van der Waals surface area contributed by atoms with Crippen LogP contribution in [0.2, 0.25) is 0 Å². The van der Waals surface area contributed by atoms with Crippen molar-refractivity contribution < 1.29 is 9.53 Å². The molecule has 0 aliphatic carbocycles. The highest BCUT2D eigenvalue weighted by molar-refractivity contribution is 5.76. The van der Waals surface area contributed by atoms with Crippen LogP contribution in [0.25, 0.3) is 0 Å². The van der Waals surface area contributed by atoms with E-state index in [0.29, 0.717) is 18.9 Å². The molecule has 1 saturated heterocycles. The first kappa shape index (κ1) is 12.9. The summed E-state index contributed by atoms with van der Waals surface area (Å²) in [7, 11) is 1.66. The summed E-state index contributed by atoms with van der Waals surface area (Å²) in [5, 5.41) is 6.13. The van der Waals surface area contributed by atoms with Gasteiger partial charge >= 0.3 is 0 Å². The normalized spacial score (nSPS) is 14.9. The van der Waals surface area contributed by atoms with E-state index in [2.05, 4.69) is 10.6 Å². The molecule has 0 radical (unpaired) electrons. The van der Waals surface area contributed by atoms with Crippen molar-refractivity contribution in [2.75, 3.05) is 26.7 Å².